The molecule has 4 heteroatoms. The minimum atomic E-state index is -3.33. The number of alkyl halides is 2. The van der Waals surface area contributed by atoms with Crippen molar-refractivity contribution in [1.82, 2.24) is 0 Å². The third-order valence-corrected chi connectivity index (χ3v) is 3.22. The lowest BCUT2D eigenvalue weighted by Gasteiger charge is -2.15. The predicted molar refractivity (Wildman–Crippen MR) is 58.8 cm³/mol. The maximum absolute atomic E-state index is 13.2. The second-order valence-electron chi connectivity index (χ2n) is 4.38. The van der Waals surface area contributed by atoms with Crippen LogP contribution in [-0.4, -0.2) is 18.0 Å². The van der Waals surface area contributed by atoms with E-state index < -0.39 is 23.9 Å². The molecule has 0 aliphatic carbocycles. The summed E-state index contributed by atoms with van der Waals surface area (Å²) in [5.74, 6) is -5.76. The molecule has 92 valence electrons. The van der Waals surface area contributed by atoms with E-state index in [1.165, 1.54) is 6.92 Å². The molecule has 1 fully saturated rings. The molecule has 1 aromatic carbocycles. The Morgan fingerprint density at radius 1 is 1.29 bits per heavy atom. The first-order valence-corrected chi connectivity index (χ1v) is 5.64. The van der Waals surface area contributed by atoms with Gasteiger partial charge < -0.3 is 4.74 Å². The van der Waals surface area contributed by atoms with Crippen LogP contribution in [0.15, 0.2) is 30.3 Å². The lowest BCUT2D eigenvalue weighted by Crippen LogP contribution is -2.30. The van der Waals surface area contributed by atoms with Crippen LogP contribution < -0.4 is 0 Å². The molecular formula is C13H14F2O2. The average molecular weight is 240 g/mol. The van der Waals surface area contributed by atoms with Gasteiger partial charge in [0.15, 0.2) is 0 Å². The molecule has 0 saturated carbocycles. The third-order valence-electron chi connectivity index (χ3n) is 3.22. The molecule has 0 aromatic heterocycles. The van der Waals surface area contributed by atoms with Gasteiger partial charge in [-0.2, -0.15) is 8.78 Å². The van der Waals surface area contributed by atoms with Crippen molar-refractivity contribution < 1.29 is 18.3 Å². The first-order valence-electron chi connectivity index (χ1n) is 5.64. The molecule has 0 unspecified atom stereocenters. The van der Waals surface area contributed by atoms with Gasteiger partial charge in [0.1, 0.15) is 6.10 Å². The fourth-order valence-corrected chi connectivity index (χ4v) is 2.00. The van der Waals surface area contributed by atoms with Gasteiger partial charge in [0, 0.05) is 0 Å². The molecule has 17 heavy (non-hydrogen) atoms. The molecule has 1 aliphatic heterocycles. The Balaban J connectivity index is 1.96. The number of aryl methyl sites for hydroxylation is 1. The Bertz CT molecular complexity index is 403. The number of hydrogen-bond donors (Lipinski definition) is 0. The van der Waals surface area contributed by atoms with Crippen LogP contribution in [0.1, 0.15) is 18.9 Å². The molecular weight excluding hydrogens is 226 g/mol. The highest BCUT2D eigenvalue weighted by Crippen LogP contribution is 2.38. The maximum atomic E-state index is 13.2. The Kier molecular flexibility index (Phi) is 3.13. The molecule has 0 spiro atoms. The SMILES string of the molecule is C[C@@H]1[C@@H](CCc2ccccc2)OC(=O)C1(F)F. The van der Waals surface area contributed by atoms with Crippen LogP contribution in [0, 0.1) is 5.92 Å². The number of benzene rings is 1. The quantitative estimate of drug-likeness (QED) is 0.759. The molecule has 0 amide bonds. The molecule has 0 bridgehead atoms. The van der Waals surface area contributed by atoms with E-state index in [2.05, 4.69) is 0 Å². The second kappa shape index (κ2) is 4.43. The van der Waals surface area contributed by atoms with E-state index in [0.717, 1.165) is 5.56 Å². The minimum absolute atomic E-state index is 0.437. The summed E-state index contributed by atoms with van der Waals surface area (Å²) in [6.45, 7) is 1.36. The molecule has 2 atom stereocenters. The van der Waals surface area contributed by atoms with E-state index in [9.17, 15) is 13.6 Å². The van der Waals surface area contributed by atoms with Crippen molar-refractivity contribution in [1.29, 1.82) is 0 Å². The molecule has 1 heterocycles. The Morgan fingerprint density at radius 3 is 2.47 bits per heavy atom. The number of rotatable bonds is 3. The Labute approximate surface area is 98.6 Å². The smallest absolute Gasteiger partial charge is 0.377 e. The van der Waals surface area contributed by atoms with E-state index in [4.69, 9.17) is 4.74 Å². The summed E-state index contributed by atoms with van der Waals surface area (Å²) >= 11 is 0. The van der Waals surface area contributed by atoms with Crippen molar-refractivity contribution in [3.05, 3.63) is 35.9 Å². The fourth-order valence-electron chi connectivity index (χ4n) is 2.00. The van der Waals surface area contributed by atoms with E-state index >= 15 is 0 Å². The summed E-state index contributed by atoms with van der Waals surface area (Å²) in [7, 11) is 0. The van der Waals surface area contributed by atoms with Gasteiger partial charge in [-0.25, -0.2) is 4.79 Å². The number of carbonyl (C=O) groups excluding carboxylic acids is 1. The van der Waals surface area contributed by atoms with Crippen LogP contribution in [0.5, 0.6) is 0 Å². The lowest BCUT2D eigenvalue weighted by atomic mass is 9.95. The first kappa shape index (κ1) is 12.0. The topological polar surface area (TPSA) is 26.3 Å². The van der Waals surface area contributed by atoms with Crippen LogP contribution in [0.25, 0.3) is 0 Å². The summed E-state index contributed by atoms with van der Waals surface area (Å²) in [5.41, 5.74) is 1.06. The summed E-state index contributed by atoms with van der Waals surface area (Å²) in [6.07, 6.45) is 0.392. The zero-order valence-electron chi connectivity index (χ0n) is 9.53. The predicted octanol–water partition coefficient (Wildman–Crippen LogP) is 2.82. The van der Waals surface area contributed by atoms with Crippen LogP contribution in [0.4, 0.5) is 8.78 Å². The Hall–Kier alpha value is -1.45. The molecule has 2 nitrogen and oxygen atoms in total. The lowest BCUT2D eigenvalue weighted by molar-refractivity contribution is -0.160. The van der Waals surface area contributed by atoms with Gasteiger partial charge in [-0.05, 0) is 18.4 Å². The standard InChI is InChI=1S/C13H14F2O2/c1-9-11(17-12(16)13(9,14)15)8-7-10-5-3-2-4-6-10/h2-6,9,11H,7-8H2,1H3/t9-,11-/m1/s1. The van der Waals surface area contributed by atoms with Crippen LogP contribution in [0.3, 0.4) is 0 Å². The van der Waals surface area contributed by atoms with Gasteiger partial charge in [0.05, 0.1) is 5.92 Å². The molecule has 0 N–H and O–H groups in total. The first-order chi connectivity index (χ1) is 8.01. The van der Waals surface area contributed by atoms with Crippen molar-refractivity contribution in [2.45, 2.75) is 31.8 Å². The summed E-state index contributed by atoms with van der Waals surface area (Å²) in [5, 5.41) is 0. The number of hydrogen-bond acceptors (Lipinski definition) is 2. The summed E-state index contributed by atoms with van der Waals surface area (Å²) in [6, 6.07) is 9.55. The highest BCUT2D eigenvalue weighted by Gasteiger charge is 2.56. The third kappa shape index (κ3) is 2.30. The molecule has 1 saturated heterocycles. The van der Waals surface area contributed by atoms with Crippen LogP contribution in [-0.2, 0) is 16.0 Å². The van der Waals surface area contributed by atoms with Crippen molar-refractivity contribution in [2.75, 3.05) is 0 Å². The number of cyclic esters (lactones) is 1. The van der Waals surface area contributed by atoms with Gasteiger partial charge in [0.2, 0.25) is 0 Å². The van der Waals surface area contributed by atoms with Gasteiger partial charge in [-0.15, -0.1) is 0 Å². The fraction of sp³-hybridized carbons (Fsp3) is 0.462. The number of esters is 1. The van der Waals surface area contributed by atoms with Crippen molar-refractivity contribution in [3.8, 4) is 0 Å². The largest absolute Gasteiger partial charge is 0.457 e. The van der Waals surface area contributed by atoms with E-state index in [0.29, 0.717) is 12.8 Å². The van der Waals surface area contributed by atoms with Crippen molar-refractivity contribution >= 4 is 5.97 Å². The van der Waals surface area contributed by atoms with Crippen LogP contribution >= 0.6 is 0 Å². The monoisotopic (exact) mass is 240 g/mol. The van der Waals surface area contributed by atoms with Gasteiger partial charge >= 0.3 is 11.9 Å². The van der Waals surface area contributed by atoms with Crippen LogP contribution in [0.2, 0.25) is 0 Å². The van der Waals surface area contributed by atoms with Gasteiger partial charge in [-0.3, -0.25) is 0 Å². The molecule has 2 rings (SSSR count). The van der Waals surface area contributed by atoms with E-state index in [1.54, 1.807) is 0 Å². The van der Waals surface area contributed by atoms with E-state index in [1.807, 2.05) is 30.3 Å². The normalized spacial score (nSPS) is 26.9. The van der Waals surface area contributed by atoms with E-state index in [-0.39, 0.29) is 0 Å². The molecule has 1 aliphatic rings. The van der Waals surface area contributed by atoms with Gasteiger partial charge in [-0.1, -0.05) is 37.3 Å². The zero-order chi connectivity index (χ0) is 12.5. The number of halogens is 2. The average Bonchev–Trinajstić information content (AvgIpc) is 2.52. The highest BCUT2D eigenvalue weighted by atomic mass is 19.3. The molecule has 0 radical (unpaired) electrons. The van der Waals surface area contributed by atoms with Crippen molar-refractivity contribution in [3.63, 3.8) is 0 Å². The Morgan fingerprint density at radius 2 is 1.94 bits per heavy atom. The highest BCUT2D eigenvalue weighted by molar-refractivity contribution is 5.80. The summed E-state index contributed by atoms with van der Waals surface area (Å²) in [4.78, 5) is 11.0. The maximum Gasteiger partial charge on any atom is 0.377 e. The van der Waals surface area contributed by atoms with Crippen molar-refractivity contribution in [2.24, 2.45) is 5.92 Å². The molecule has 1 aromatic rings. The zero-order valence-corrected chi connectivity index (χ0v) is 9.53. The summed E-state index contributed by atoms with van der Waals surface area (Å²) < 4.78 is 31.2. The second-order valence-corrected chi connectivity index (χ2v) is 4.38. The number of carbonyl (C=O) groups is 1. The number of ether oxygens (including phenoxy) is 1. The minimum Gasteiger partial charge on any atom is -0.457 e. The van der Waals surface area contributed by atoms with Gasteiger partial charge in [0.25, 0.3) is 0 Å².